The van der Waals surface area contributed by atoms with Gasteiger partial charge < -0.3 is 10.1 Å². The van der Waals surface area contributed by atoms with Gasteiger partial charge in [-0.1, -0.05) is 12.1 Å². The van der Waals surface area contributed by atoms with Gasteiger partial charge in [0, 0.05) is 11.9 Å². The van der Waals surface area contributed by atoms with Crippen molar-refractivity contribution < 1.29 is 22.7 Å². The zero-order valence-corrected chi connectivity index (χ0v) is 14.2. The van der Waals surface area contributed by atoms with E-state index in [2.05, 4.69) is 10.3 Å². The Morgan fingerprint density at radius 1 is 1.07 bits per heavy atom. The number of amides is 1. The van der Waals surface area contributed by atoms with E-state index in [9.17, 15) is 18.0 Å². The number of rotatable bonds is 4. The second kappa shape index (κ2) is 7.80. The molecule has 0 aliphatic rings. The summed E-state index contributed by atoms with van der Waals surface area (Å²) in [5.41, 5.74) is -0.0927. The number of nitrogens with one attached hydrogen (secondary N) is 1. The lowest BCUT2D eigenvalue weighted by atomic mass is 10.2. The highest BCUT2D eigenvalue weighted by Crippen LogP contribution is 2.33. The Balaban J connectivity index is 1.85. The molecule has 0 radical (unpaired) electrons. The third-order valence-corrected chi connectivity index (χ3v) is 3.64. The van der Waals surface area contributed by atoms with E-state index in [0.717, 1.165) is 12.1 Å². The number of nitrogens with zero attached hydrogens (tertiary/aromatic N) is 2. The summed E-state index contributed by atoms with van der Waals surface area (Å²) in [6.07, 6.45) is -3.16. The zero-order chi connectivity index (χ0) is 20.1. The topological polar surface area (TPSA) is 75.0 Å². The van der Waals surface area contributed by atoms with Crippen molar-refractivity contribution in [2.75, 3.05) is 5.32 Å². The van der Waals surface area contributed by atoms with Crippen molar-refractivity contribution in [3.63, 3.8) is 0 Å². The lowest BCUT2D eigenvalue weighted by Crippen LogP contribution is -2.13. The second-order valence-electron chi connectivity index (χ2n) is 5.63. The van der Waals surface area contributed by atoms with Crippen LogP contribution in [0.1, 0.15) is 21.5 Å². The Morgan fingerprint density at radius 3 is 2.61 bits per heavy atom. The fraction of sp³-hybridized carbons (Fsp3) is 0.0500. The first kappa shape index (κ1) is 18.9. The van der Waals surface area contributed by atoms with Gasteiger partial charge in [-0.2, -0.15) is 18.4 Å². The van der Waals surface area contributed by atoms with Crippen molar-refractivity contribution >= 4 is 11.6 Å². The molecular formula is C20H12F3N3O2. The summed E-state index contributed by atoms with van der Waals surface area (Å²) in [4.78, 5) is 16.5. The molecule has 2 aromatic carbocycles. The van der Waals surface area contributed by atoms with Gasteiger partial charge in [0.2, 0.25) is 5.88 Å². The van der Waals surface area contributed by atoms with Gasteiger partial charge in [-0.15, -0.1) is 0 Å². The summed E-state index contributed by atoms with van der Waals surface area (Å²) in [5.74, 6) is -0.824. The van der Waals surface area contributed by atoms with Gasteiger partial charge in [0.15, 0.2) is 0 Å². The number of ether oxygens (including phenoxy) is 1. The van der Waals surface area contributed by atoms with Crippen molar-refractivity contribution in [2.45, 2.75) is 6.18 Å². The Bertz CT molecular complexity index is 1060. The number of pyridine rings is 1. The van der Waals surface area contributed by atoms with Gasteiger partial charge in [-0.05, 0) is 48.5 Å². The maximum atomic E-state index is 12.9. The minimum absolute atomic E-state index is 0.0299. The van der Waals surface area contributed by atoms with E-state index in [-0.39, 0.29) is 17.2 Å². The quantitative estimate of drug-likeness (QED) is 0.687. The number of carbonyl (C=O) groups is 1. The smallest absolute Gasteiger partial charge is 0.416 e. The maximum absolute atomic E-state index is 12.9. The van der Waals surface area contributed by atoms with Crippen LogP contribution in [0, 0.1) is 11.3 Å². The molecule has 1 amide bonds. The number of anilines is 1. The first-order valence-electron chi connectivity index (χ1n) is 7.98. The Morgan fingerprint density at radius 2 is 1.86 bits per heavy atom. The van der Waals surface area contributed by atoms with E-state index in [1.807, 2.05) is 6.07 Å². The molecule has 1 heterocycles. The van der Waals surface area contributed by atoms with Crippen molar-refractivity contribution in [1.29, 1.82) is 5.26 Å². The molecule has 28 heavy (non-hydrogen) atoms. The normalized spacial score (nSPS) is 10.8. The summed E-state index contributed by atoms with van der Waals surface area (Å²) < 4.78 is 44.0. The van der Waals surface area contributed by atoms with E-state index in [1.165, 1.54) is 36.5 Å². The van der Waals surface area contributed by atoms with Crippen LogP contribution in [0.15, 0.2) is 66.9 Å². The molecule has 1 aromatic heterocycles. The lowest BCUT2D eigenvalue weighted by Gasteiger charge is -2.12. The molecule has 0 aliphatic heterocycles. The highest BCUT2D eigenvalue weighted by atomic mass is 19.4. The molecule has 0 spiro atoms. The van der Waals surface area contributed by atoms with Crippen LogP contribution in [0.4, 0.5) is 18.9 Å². The molecule has 0 bridgehead atoms. The van der Waals surface area contributed by atoms with Crippen LogP contribution in [-0.4, -0.2) is 10.9 Å². The van der Waals surface area contributed by atoms with Crippen molar-refractivity contribution in [3.8, 4) is 17.7 Å². The van der Waals surface area contributed by atoms with Crippen LogP contribution in [0.3, 0.4) is 0 Å². The predicted molar refractivity (Wildman–Crippen MR) is 94.9 cm³/mol. The maximum Gasteiger partial charge on any atom is 0.416 e. The van der Waals surface area contributed by atoms with Crippen molar-refractivity contribution in [3.05, 3.63) is 83.6 Å². The van der Waals surface area contributed by atoms with E-state index >= 15 is 0 Å². The van der Waals surface area contributed by atoms with E-state index in [0.29, 0.717) is 11.3 Å². The fourth-order valence-corrected chi connectivity index (χ4v) is 2.36. The lowest BCUT2D eigenvalue weighted by molar-refractivity contribution is -0.137. The van der Waals surface area contributed by atoms with Crippen LogP contribution in [0.25, 0.3) is 0 Å². The van der Waals surface area contributed by atoms with Gasteiger partial charge >= 0.3 is 6.18 Å². The number of alkyl halides is 3. The summed E-state index contributed by atoms with van der Waals surface area (Å²) >= 11 is 0. The summed E-state index contributed by atoms with van der Waals surface area (Å²) in [6.45, 7) is 0. The number of halogens is 3. The monoisotopic (exact) mass is 383 g/mol. The SMILES string of the molecule is N#Cc1cccc(NC(=O)c2cccnc2Oc2cccc(C(F)(F)F)c2)c1. The first-order valence-corrected chi connectivity index (χ1v) is 7.98. The largest absolute Gasteiger partial charge is 0.438 e. The summed E-state index contributed by atoms with van der Waals surface area (Å²) in [6, 6.07) is 15.5. The third kappa shape index (κ3) is 4.45. The number of nitriles is 1. The number of benzene rings is 2. The second-order valence-corrected chi connectivity index (χ2v) is 5.63. The van der Waals surface area contributed by atoms with E-state index in [1.54, 1.807) is 18.2 Å². The molecule has 0 aliphatic carbocycles. The number of aromatic nitrogens is 1. The Kier molecular flexibility index (Phi) is 5.27. The van der Waals surface area contributed by atoms with Crippen LogP contribution in [-0.2, 0) is 6.18 Å². The minimum atomic E-state index is -4.52. The van der Waals surface area contributed by atoms with Gasteiger partial charge in [0.05, 0.1) is 17.2 Å². The average Bonchev–Trinajstić information content (AvgIpc) is 2.68. The van der Waals surface area contributed by atoms with Crippen molar-refractivity contribution in [2.24, 2.45) is 0 Å². The first-order chi connectivity index (χ1) is 13.4. The van der Waals surface area contributed by atoms with Gasteiger partial charge in [0.25, 0.3) is 5.91 Å². The summed E-state index contributed by atoms with van der Waals surface area (Å²) in [5, 5.41) is 11.5. The summed E-state index contributed by atoms with van der Waals surface area (Å²) in [7, 11) is 0. The molecule has 0 saturated carbocycles. The van der Waals surface area contributed by atoms with Crippen LogP contribution in [0.5, 0.6) is 11.6 Å². The molecule has 0 saturated heterocycles. The van der Waals surface area contributed by atoms with Crippen LogP contribution >= 0.6 is 0 Å². The molecule has 8 heteroatoms. The highest BCUT2D eigenvalue weighted by molar-refractivity contribution is 6.05. The van der Waals surface area contributed by atoms with Crippen LogP contribution in [0.2, 0.25) is 0 Å². The van der Waals surface area contributed by atoms with E-state index in [4.69, 9.17) is 10.00 Å². The fourth-order valence-electron chi connectivity index (χ4n) is 2.36. The molecule has 3 aromatic rings. The Labute approximate surface area is 158 Å². The number of hydrogen-bond acceptors (Lipinski definition) is 4. The molecular weight excluding hydrogens is 371 g/mol. The standard InChI is InChI=1S/C20H12F3N3O2/c21-20(22,23)14-5-2-7-16(11-14)28-19-17(8-3-9-25-19)18(27)26-15-6-1-4-13(10-15)12-24/h1-11H,(H,26,27). The number of hydrogen-bond donors (Lipinski definition) is 1. The average molecular weight is 383 g/mol. The molecule has 0 atom stereocenters. The minimum Gasteiger partial charge on any atom is -0.438 e. The van der Waals surface area contributed by atoms with E-state index < -0.39 is 17.6 Å². The molecule has 1 N–H and O–H groups in total. The van der Waals surface area contributed by atoms with Gasteiger partial charge in [-0.25, -0.2) is 4.98 Å². The highest BCUT2D eigenvalue weighted by Gasteiger charge is 2.30. The Hall–Kier alpha value is -3.86. The van der Waals surface area contributed by atoms with Crippen LogP contribution < -0.4 is 10.1 Å². The molecule has 140 valence electrons. The zero-order valence-electron chi connectivity index (χ0n) is 14.2. The molecule has 5 nitrogen and oxygen atoms in total. The molecule has 0 fully saturated rings. The van der Waals surface area contributed by atoms with Gasteiger partial charge in [-0.3, -0.25) is 4.79 Å². The van der Waals surface area contributed by atoms with Crippen molar-refractivity contribution in [1.82, 2.24) is 4.98 Å². The molecule has 3 rings (SSSR count). The third-order valence-electron chi connectivity index (χ3n) is 3.64. The molecule has 0 unspecified atom stereocenters. The number of carbonyl (C=O) groups excluding carboxylic acids is 1. The predicted octanol–water partition coefficient (Wildman–Crippen LogP) is 5.02. The van der Waals surface area contributed by atoms with Gasteiger partial charge in [0.1, 0.15) is 11.3 Å².